The molecule has 0 saturated heterocycles. The van der Waals surface area contributed by atoms with Crippen LogP contribution in [0.1, 0.15) is 38.1 Å². The van der Waals surface area contributed by atoms with Gasteiger partial charge in [-0.15, -0.1) is 10.2 Å². The molecule has 0 spiro atoms. The van der Waals surface area contributed by atoms with Gasteiger partial charge >= 0.3 is 0 Å². The van der Waals surface area contributed by atoms with Gasteiger partial charge in [0.15, 0.2) is 4.34 Å². The summed E-state index contributed by atoms with van der Waals surface area (Å²) in [5.74, 6) is 1.03. The van der Waals surface area contributed by atoms with Crippen molar-refractivity contribution in [1.29, 1.82) is 0 Å². The monoisotopic (exact) mass is 289 g/mol. The molecule has 18 heavy (non-hydrogen) atoms. The zero-order valence-corrected chi connectivity index (χ0v) is 13.0. The predicted octanol–water partition coefficient (Wildman–Crippen LogP) is 2.47. The average Bonchev–Trinajstić information content (AvgIpc) is 2.78. The highest BCUT2D eigenvalue weighted by molar-refractivity contribution is 8.01. The first-order valence-corrected chi connectivity index (χ1v) is 8.18. The number of aliphatic hydroxyl groups excluding tert-OH is 1. The van der Waals surface area contributed by atoms with Crippen molar-refractivity contribution in [2.24, 2.45) is 0 Å². The van der Waals surface area contributed by atoms with E-state index >= 15 is 0 Å². The highest BCUT2D eigenvalue weighted by Gasteiger charge is 2.21. The van der Waals surface area contributed by atoms with Crippen LogP contribution in [0.4, 0.5) is 0 Å². The molecule has 1 unspecified atom stereocenters. The van der Waals surface area contributed by atoms with Gasteiger partial charge in [-0.1, -0.05) is 30.0 Å². The fraction of sp³-hybridized carbons (Fsp3) is 0.833. The molecule has 1 atom stereocenters. The van der Waals surface area contributed by atoms with Crippen LogP contribution in [-0.4, -0.2) is 39.7 Å². The van der Waals surface area contributed by atoms with Gasteiger partial charge in [-0.25, -0.2) is 0 Å². The summed E-state index contributed by atoms with van der Waals surface area (Å²) in [5, 5.41) is 22.0. The fourth-order valence-electron chi connectivity index (χ4n) is 1.61. The van der Waals surface area contributed by atoms with Crippen molar-refractivity contribution in [3.8, 4) is 0 Å². The topological polar surface area (TPSA) is 58.0 Å². The van der Waals surface area contributed by atoms with Crippen LogP contribution in [0.2, 0.25) is 0 Å². The summed E-state index contributed by atoms with van der Waals surface area (Å²) in [7, 11) is 0. The maximum Gasteiger partial charge on any atom is 0.174 e. The van der Waals surface area contributed by atoms with E-state index in [-0.39, 0.29) is 12.1 Å². The van der Waals surface area contributed by atoms with Crippen molar-refractivity contribution in [1.82, 2.24) is 15.5 Å². The van der Waals surface area contributed by atoms with Gasteiger partial charge in [-0.05, 0) is 39.7 Å². The Hall–Kier alpha value is -0.170. The summed E-state index contributed by atoms with van der Waals surface area (Å²) in [4.78, 5) is 0. The molecule has 1 aromatic heterocycles. The van der Waals surface area contributed by atoms with Crippen LogP contribution >= 0.6 is 23.1 Å². The summed E-state index contributed by atoms with van der Waals surface area (Å²) < 4.78 is 1.04. The molecular weight excluding hydrogens is 266 g/mol. The van der Waals surface area contributed by atoms with Crippen LogP contribution < -0.4 is 5.32 Å². The Morgan fingerprint density at radius 3 is 2.78 bits per heavy atom. The van der Waals surface area contributed by atoms with E-state index in [2.05, 4.69) is 29.4 Å². The van der Waals surface area contributed by atoms with Gasteiger partial charge in [0.05, 0.1) is 6.61 Å². The van der Waals surface area contributed by atoms with E-state index < -0.39 is 0 Å². The molecule has 0 aromatic carbocycles. The summed E-state index contributed by atoms with van der Waals surface area (Å²) in [5.41, 5.74) is -0.145. The molecule has 0 saturated carbocycles. The number of aliphatic hydroxyl groups is 1. The molecule has 0 aliphatic heterocycles. The van der Waals surface area contributed by atoms with Gasteiger partial charge in [0.2, 0.25) is 0 Å². The zero-order chi connectivity index (χ0) is 13.4. The molecule has 1 heterocycles. The maximum atomic E-state index is 9.44. The third-order valence-corrected chi connectivity index (χ3v) is 4.81. The summed E-state index contributed by atoms with van der Waals surface area (Å²) >= 11 is 3.39. The number of hydrogen-bond acceptors (Lipinski definition) is 6. The lowest BCUT2D eigenvalue weighted by Crippen LogP contribution is -2.46. The van der Waals surface area contributed by atoms with Crippen LogP contribution in [0.3, 0.4) is 0 Å². The number of rotatable bonds is 9. The highest BCUT2D eigenvalue weighted by Crippen LogP contribution is 2.24. The average molecular weight is 289 g/mol. The molecule has 2 N–H and O–H groups in total. The molecule has 0 radical (unpaired) electrons. The Balaban J connectivity index is 2.22. The minimum absolute atomic E-state index is 0.145. The highest BCUT2D eigenvalue weighted by atomic mass is 32.2. The Kier molecular flexibility index (Phi) is 7.14. The first kappa shape index (κ1) is 15.9. The van der Waals surface area contributed by atoms with E-state index in [0.29, 0.717) is 0 Å². The van der Waals surface area contributed by atoms with E-state index in [9.17, 15) is 5.11 Å². The lowest BCUT2D eigenvalue weighted by molar-refractivity contribution is 0.165. The molecule has 0 amide bonds. The predicted molar refractivity (Wildman–Crippen MR) is 78.4 cm³/mol. The molecule has 1 aromatic rings. The van der Waals surface area contributed by atoms with Crippen LogP contribution in [-0.2, 0) is 0 Å². The first-order valence-electron chi connectivity index (χ1n) is 6.38. The Morgan fingerprint density at radius 1 is 1.44 bits per heavy atom. The Bertz CT molecular complexity index is 346. The van der Waals surface area contributed by atoms with E-state index in [0.717, 1.165) is 40.9 Å². The SMILES string of the molecule is CCCNC(C)(CO)CCCSc1nnc(C)s1. The molecule has 1 rings (SSSR count). The molecule has 104 valence electrons. The number of aryl methyl sites for hydroxylation is 1. The molecule has 0 fully saturated rings. The molecular formula is C12H23N3OS2. The maximum absolute atomic E-state index is 9.44. The van der Waals surface area contributed by atoms with Crippen LogP contribution in [0.15, 0.2) is 4.34 Å². The third kappa shape index (κ3) is 5.65. The van der Waals surface area contributed by atoms with Crippen molar-refractivity contribution in [2.75, 3.05) is 18.9 Å². The molecule has 0 aliphatic rings. The van der Waals surface area contributed by atoms with Gasteiger partial charge < -0.3 is 10.4 Å². The first-order chi connectivity index (χ1) is 8.59. The molecule has 6 heteroatoms. The van der Waals surface area contributed by atoms with Crippen LogP contribution in [0.5, 0.6) is 0 Å². The summed E-state index contributed by atoms with van der Waals surface area (Å²) in [6.45, 7) is 7.34. The van der Waals surface area contributed by atoms with Crippen LogP contribution in [0, 0.1) is 6.92 Å². The lowest BCUT2D eigenvalue weighted by atomic mass is 9.97. The summed E-state index contributed by atoms with van der Waals surface area (Å²) in [6, 6.07) is 0. The van der Waals surface area contributed by atoms with E-state index in [1.807, 2.05) is 6.92 Å². The van der Waals surface area contributed by atoms with E-state index in [1.54, 1.807) is 23.1 Å². The second-order valence-electron chi connectivity index (χ2n) is 4.68. The second kappa shape index (κ2) is 8.09. The van der Waals surface area contributed by atoms with E-state index in [4.69, 9.17) is 0 Å². The number of nitrogens with one attached hydrogen (secondary N) is 1. The Labute approximate surface area is 118 Å². The van der Waals surface area contributed by atoms with Crippen molar-refractivity contribution < 1.29 is 5.11 Å². The lowest BCUT2D eigenvalue weighted by Gasteiger charge is -2.28. The number of nitrogens with zero attached hydrogens (tertiary/aromatic N) is 2. The smallest absolute Gasteiger partial charge is 0.174 e. The minimum atomic E-state index is -0.145. The van der Waals surface area contributed by atoms with E-state index in [1.165, 1.54) is 0 Å². The number of thioether (sulfide) groups is 1. The van der Waals surface area contributed by atoms with Crippen LogP contribution in [0.25, 0.3) is 0 Å². The normalized spacial score (nSPS) is 14.7. The Morgan fingerprint density at radius 2 is 2.22 bits per heavy atom. The van der Waals surface area contributed by atoms with Crippen molar-refractivity contribution >= 4 is 23.1 Å². The van der Waals surface area contributed by atoms with Crippen molar-refractivity contribution in [2.45, 2.75) is 49.9 Å². The fourth-order valence-corrected chi connectivity index (χ4v) is 3.43. The van der Waals surface area contributed by atoms with Gasteiger partial charge in [0.1, 0.15) is 5.01 Å². The number of hydrogen-bond donors (Lipinski definition) is 2. The molecule has 0 aliphatic carbocycles. The molecule has 0 bridgehead atoms. The summed E-state index contributed by atoms with van der Waals surface area (Å²) in [6.07, 6.45) is 3.14. The standard InChI is InChI=1S/C12H23N3OS2/c1-4-7-13-12(3,9-16)6-5-8-17-11-15-14-10(2)18-11/h13,16H,4-9H2,1-3H3. The van der Waals surface area contributed by atoms with Gasteiger partial charge in [-0.3, -0.25) is 0 Å². The largest absolute Gasteiger partial charge is 0.394 e. The van der Waals surface area contributed by atoms with Gasteiger partial charge in [0, 0.05) is 11.3 Å². The van der Waals surface area contributed by atoms with Crippen molar-refractivity contribution in [3.05, 3.63) is 5.01 Å². The molecule has 4 nitrogen and oxygen atoms in total. The quantitative estimate of drug-likeness (QED) is 0.540. The van der Waals surface area contributed by atoms with Crippen molar-refractivity contribution in [3.63, 3.8) is 0 Å². The number of aromatic nitrogens is 2. The zero-order valence-electron chi connectivity index (χ0n) is 11.4. The van der Waals surface area contributed by atoms with Gasteiger partial charge in [0.25, 0.3) is 0 Å². The second-order valence-corrected chi connectivity index (χ2v) is 7.21. The third-order valence-electron chi connectivity index (χ3n) is 2.76. The minimum Gasteiger partial charge on any atom is -0.394 e. The van der Waals surface area contributed by atoms with Gasteiger partial charge in [-0.2, -0.15) is 0 Å².